The largest absolute Gasteiger partial charge is 0.373 e. The van der Waals surface area contributed by atoms with Gasteiger partial charge in [0.05, 0.1) is 29.6 Å². The lowest BCUT2D eigenvalue weighted by atomic mass is 10.1. The molecular formula is C25H27FN6O2. The molecule has 176 valence electrons. The Bertz CT molecular complexity index is 1230. The first-order valence-electron chi connectivity index (χ1n) is 10.9. The minimum Gasteiger partial charge on any atom is -0.373 e. The van der Waals surface area contributed by atoms with E-state index < -0.39 is 11.8 Å². The molecule has 4 amide bonds. The van der Waals surface area contributed by atoms with Crippen LogP contribution in [0.4, 0.5) is 36.9 Å². The first-order chi connectivity index (χ1) is 16.3. The Labute approximate surface area is 197 Å². The summed E-state index contributed by atoms with van der Waals surface area (Å²) in [5, 5.41) is 8.36. The van der Waals surface area contributed by atoms with Gasteiger partial charge in [-0.2, -0.15) is 0 Å². The summed E-state index contributed by atoms with van der Waals surface area (Å²) >= 11 is 0. The number of benzene rings is 2. The predicted octanol–water partition coefficient (Wildman–Crippen LogP) is 5.03. The summed E-state index contributed by atoms with van der Waals surface area (Å²) in [5.74, 6) is 0.0781. The van der Waals surface area contributed by atoms with Gasteiger partial charge in [-0.1, -0.05) is 30.3 Å². The van der Waals surface area contributed by atoms with Gasteiger partial charge < -0.3 is 16.0 Å². The van der Waals surface area contributed by atoms with Gasteiger partial charge in [-0.05, 0) is 37.1 Å². The number of urea groups is 2. The van der Waals surface area contributed by atoms with E-state index in [9.17, 15) is 14.0 Å². The number of hydrogen-bond donors (Lipinski definition) is 3. The van der Waals surface area contributed by atoms with Gasteiger partial charge in [-0.25, -0.2) is 19.0 Å². The second kappa shape index (κ2) is 9.38. The van der Waals surface area contributed by atoms with E-state index in [4.69, 9.17) is 0 Å². The van der Waals surface area contributed by atoms with Crippen molar-refractivity contribution in [3.63, 3.8) is 0 Å². The summed E-state index contributed by atoms with van der Waals surface area (Å²) in [7, 11) is 3.45. The quantitative estimate of drug-likeness (QED) is 0.496. The zero-order valence-electron chi connectivity index (χ0n) is 19.5. The number of nitrogens with one attached hydrogen (secondary N) is 3. The van der Waals surface area contributed by atoms with E-state index in [0.717, 1.165) is 16.8 Å². The predicted molar refractivity (Wildman–Crippen MR) is 132 cm³/mol. The fourth-order valence-electron chi connectivity index (χ4n) is 3.98. The standard InChI is InChI=1S/C25H27FN6O2/c1-15-10-19(26)20(30-24(33)29-16(2)17-8-6-5-7-9-17)11-21(15)32-14-18-13-28-23(27-3)12-22(18)31(4)25(32)34/h5-13,16H,14H2,1-4H3,(H,27,28)(H2,29,30,33). The van der Waals surface area contributed by atoms with Crippen molar-refractivity contribution in [2.24, 2.45) is 0 Å². The number of anilines is 4. The molecule has 0 saturated carbocycles. The third kappa shape index (κ3) is 4.50. The fourth-order valence-corrected chi connectivity index (χ4v) is 3.98. The molecule has 1 unspecified atom stereocenters. The molecule has 0 fully saturated rings. The van der Waals surface area contributed by atoms with Crippen molar-refractivity contribution in [2.45, 2.75) is 26.4 Å². The molecule has 0 bridgehead atoms. The summed E-state index contributed by atoms with van der Waals surface area (Å²) in [5.41, 5.74) is 3.61. The number of aromatic nitrogens is 1. The molecule has 2 heterocycles. The molecule has 1 atom stereocenters. The van der Waals surface area contributed by atoms with Crippen molar-refractivity contribution in [1.29, 1.82) is 0 Å². The SMILES string of the molecule is CNc1cc2c(cn1)CN(c1cc(NC(=O)NC(C)c3ccccc3)c(F)cc1C)C(=O)N2C. The van der Waals surface area contributed by atoms with E-state index in [-0.39, 0.29) is 24.3 Å². The number of pyridine rings is 1. The first kappa shape index (κ1) is 23.0. The number of halogens is 1. The number of fused-ring (bicyclic) bond motifs is 1. The van der Waals surface area contributed by atoms with Gasteiger partial charge in [0.1, 0.15) is 11.6 Å². The van der Waals surface area contributed by atoms with E-state index in [2.05, 4.69) is 20.9 Å². The average Bonchev–Trinajstić information content (AvgIpc) is 2.83. The van der Waals surface area contributed by atoms with Gasteiger partial charge in [0, 0.05) is 31.9 Å². The fraction of sp³-hybridized carbons (Fsp3) is 0.240. The van der Waals surface area contributed by atoms with E-state index in [1.165, 1.54) is 17.0 Å². The van der Waals surface area contributed by atoms with Gasteiger partial charge in [0.25, 0.3) is 0 Å². The van der Waals surface area contributed by atoms with Crippen LogP contribution in [-0.4, -0.2) is 31.1 Å². The van der Waals surface area contributed by atoms with Gasteiger partial charge in [0.15, 0.2) is 0 Å². The van der Waals surface area contributed by atoms with Crippen LogP contribution in [0.15, 0.2) is 54.7 Å². The number of hydrogen-bond acceptors (Lipinski definition) is 4. The molecule has 0 saturated heterocycles. The molecule has 1 aromatic heterocycles. The third-order valence-electron chi connectivity index (χ3n) is 5.90. The third-order valence-corrected chi connectivity index (χ3v) is 5.90. The van der Waals surface area contributed by atoms with Gasteiger partial charge in [0.2, 0.25) is 0 Å². The highest BCUT2D eigenvalue weighted by atomic mass is 19.1. The molecule has 3 N–H and O–H groups in total. The van der Waals surface area contributed by atoms with Crippen LogP contribution in [0.2, 0.25) is 0 Å². The molecule has 0 aliphatic carbocycles. The normalized spacial score (nSPS) is 13.9. The molecule has 0 spiro atoms. The monoisotopic (exact) mass is 462 g/mol. The summed E-state index contributed by atoms with van der Waals surface area (Å²) < 4.78 is 14.7. The van der Waals surface area contributed by atoms with Crippen LogP contribution in [0, 0.1) is 12.7 Å². The minimum absolute atomic E-state index is 0.0109. The maximum atomic E-state index is 14.7. The van der Waals surface area contributed by atoms with E-state index >= 15 is 0 Å². The Hall–Kier alpha value is -4.14. The lowest BCUT2D eigenvalue weighted by molar-refractivity contribution is 0.249. The highest BCUT2D eigenvalue weighted by Gasteiger charge is 2.31. The van der Waals surface area contributed by atoms with E-state index in [0.29, 0.717) is 17.1 Å². The van der Waals surface area contributed by atoms with Crippen LogP contribution in [0.5, 0.6) is 0 Å². The second-order valence-corrected chi connectivity index (χ2v) is 8.23. The highest BCUT2D eigenvalue weighted by molar-refractivity contribution is 6.06. The average molecular weight is 463 g/mol. The molecule has 4 rings (SSSR count). The number of nitrogens with zero attached hydrogens (tertiary/aromatic N) is 3. The Morgan fingerprint density at radius 1 is 1.15 bits per heavy atom. The Kier molecular flexibility index (Phi) is 6.36. The Morgan fingerprint density at radius 2 is 1.88 bits per heavy atom. The van der Waals surface area contributed by atoms with Crippen molar-refractivity contribution in [3.05, 3.63) is 77.2 Å². The van der Waals surface area contributed by atoms with Gasteiger partial charge in [-0.15, -0.1) is 0 Å². The summed E-state index contributed by atoms with van der Waals surface area (Å²) in [4.78, 5) is 33.2. The maximum Gasteiger partial charge on any atom is 0.329 e. The maximum absolute atomic E-state index is 14.7. The number of rotatable bonds is 5. The number of carbonyl (C=O) groups excluding carboxylic acids is 2. The number of amides is 4. The minimum atomic E-state index is -0.581. The van der Waals surface area contributed by atoms with Crippen LogP contribution in [-0.2, 0) is 6.54 Å². The molecule has 34 heavy (non-hydrogen) atoms. The van der Waals surface area contributed by atoms with Crippen LogP contribution in [0.3, 0.4) is 0 Å². The zero-order chi connectivity index (χ0) is 24.4. The van der Waals surface area contributed by atoms with Crippen LogP contribution >= 0.6 is 0 Å². The van der Waals surface area contributed by atoms with E-state index in [1.54, 1.807) is 32.1 Å². The van der Waals surface area contributed by atoms with Gasteiger partial charge in [-0.3, -0.25) is 9.80 Å². The zero-order valence-corrected chi connectivity index (χ0v) is 19.5. The lowest BCUT2D eigenvalue weighted by Gasteiger charge is -2.36. The number of carbonyl (C=O) groups is 2. The molecule has 9 heteroatoms. The van der Waals surface area contributed by atoms with Crippen molar-refractivity contribution in [3.8, 4) is 0 Å². The van der Waals surface area contributed by atoms with Crippen molar-refractivity contribution in [2.75, 3.05) is 34.5 Å². The summed E-state index contributed by atoms with van der Waals surface area (Å²) in [6, 6.07) is 13.0. The van der Waals surface area contributed by atoms with Gasteiger partial charge >= 0.3 is 12.1 Å². The second-order valence-electron chi connectivity index (χ2n) is 8.23. The van der Waals surface area contributed by atoms with Crippen LogP contribution in [0.25, 0.3) is 0 Å². The molecule has 1 aliphatic heterocycles. The lowest BCUT2D eigenvalue weighted by Crippen LogP contribution is -2.45. The summed E-state index contributed by atoms with van der Waals surface area (Å²) in [6.07, 6.45) is 1.72. The molecule has 1 aliphatic rings. The first-order valence-corrected chi connectivity index (χ1v) is 10.9. The number of aryl methyl sites for hydroxylation is 1. The van der Waals surface area contributed by atoms with Crippen molar-refractivity contribution >= 4 is 34.9 Å². The molecule has 8 nitrogen and oxygen atoms in total. The van der Waals surface area contributed by atoms with Crippen molar-refractivity contribution < 1.29 is 14.0 Å². The highest BCUT2D eigenvalue weighted by Crippen LogP contribution is 2.35. The Balaban J connectivity index is 1.58. The van der Waals surface area contributed by atoms with Crippen LogP contribution < -0.4 is 25.8 Å². The Morgan fingerprint density at radius 3 is 2.59 bits per heavy atom. The topological polar surface area (TPSA) is 89.6 Å². The smallest absolute Gasteiger partial charge is 0.329 e. The van der Waals surface area contributed by atoms with Crippen molar-refractivity contribution in [1.82, 2.24) is 10.3 Å². The molecule has 0 radical (unpaired) electrons. The molecular weight excluding hydrogens is 435 g/mol. The van der Waals surface area contributed by atoms with Crippen LogP contribution in [0.1, 0.15) is 29.7 Å². The molecule has 2 aromatic carbocycles. The van der Waals surface area contributed by atoms with E-state index in [1.807, 2.05) is 43.3 Å². The molecule has 3 aromatic rings. The summed E-state index contributed by atoms with van der Waals surface area (Å²) in [6.45, 7) is 3.85.